The second kappa shape index (κ2) is 6.96. The quantitative estimate of drug-likeness (QED) is 0.673. The zero-order chi connectivity index (χ0) is 19.9. The maximum Gasteiger partial charge on any atom is 0.264 e. The summed E-state index contributed by atoms with van der Waals surface area (Å²) in [4.78, 5) is 4.46. The fourth-order valence-electron chi connectivity index (χ4n) is 2.97. The molecule has 28 heavy (non-hydrogen) atoms. The van der Waals surface area contributed by atoms with Gasteiger partial charge in [0, 0.05) is 10.7 Å². The number of aryl methyl sites for hydroxylation is 1. The fraction of sp³-hybridized carbons (Fsp3) is 0.158. The van der Waals surface area contributed by atoms with Crippen LogP contribution in [0, 0.1) is 6.92 Å². The Balaban J connectivity index is 1.67. The number of hydrogen-bond acceptors (Lipinski definition) is 5. The molecular formula is C19H18ClN5O2S. The van der Waals surface area contributed by atoms with Crippen molar-refractivity contribution < 1.29 is 8.42 Å². The number of benzene rings is 2. The molecule has 4 rings (SSSR count). The van der Waals surface area contributed by atoms with Gasteiger partial charge in [0.2, 0.25) is 5.95 Å². The number of nitrogens with zero attached hydrogens (tertiary/aromatic N) is 3. The minimum Gasteiger partial charge on any atom is -0.329 e. The van der Waals surface area contributed by atoms with Crippen molar-refractivity contribution in [1.29, 1.82) is 0 Å². The molecule has 7 nitrogen and oxygen atoms in total. The first-order valence-electron chi connectivity index (χ1n) is 8.59. The molecule has 0 fully saturated rings. The van der Waals surface area contributed by atoms with Crippen LogP contribution >= 0.6 is 11.6 Å². The highest BCUT2D eigenvalue weighted by molar-refractivity contribution is 7.92. The molecular weight excluding hydrogens is 398 g/mol. The number of allylic oxidation sites excluding steroid dienone is 2. The Hall–Kier alpha value is -2.84. The Morgan fingerprint density at radius 1 is 1.07 bits per heavy atom. The summed E-state index contributed by atoms with van der Waals surface area (Å²) in [5.41, 5.74) is 2.84. The van der Waals surface area contributed by atoms with Gasteiger partial charge in [-0.3, -0.25) is 0 Å². The highest BCUT2D eigenvalue weighted by Gasteiger charge is 2.25. The number of aromatic nitrogens is 3. The highest BCUT2D eigenvalue weighted by atomic mass is 35.5. The van der Waals surface area contributed by atoms with E-state index in [4.69, 9.17) is 11.6 Å². The van der Waals surface area contributed by atoms with Gasteiger partial charge in [-0.05, 0) is 49.8 Å². The third kappa shape index (κ3) is 3.61. The van der Waals surface area contributed by atoms with Crippen molar-refractivity contribution in [2.45, 2.75) is 24.8 Å². The average Bonchev–Trinajstić information content (AvgIpc) is 3.03. The molecule has 1 aromatic heterocycles. The molecule has 1 aliphatic rings. The van der Waals surface area contributed by atoms with Gasteiger partial charge < -0.3 is 5.32 Å². The van der Waals surface area contributed by atoms with E-state index in [2.05, 4.69) is 20.1 Å². The molecule has 9 heteroatoms. The van der Waals surface area contributed by atoms with Gasteiger partial charge in [-0.2, -0.15) is 4.98 Å². The summed E-state index contributed by atoms with van der Waals surface area (Å²) in [7, 11) is -3.78. The first-order valence-corrected chi connectivity index (χ1v) is 10.4. The minimum absolute atomic E-state index is 0.00476. The predicted molar refractivity (Wildman–Crippen MR) is 109 cm³/mol. The molecule has 0 saturated carbocycles. The molecule has 0 unspecified atom stereocenters. The summed E-state index contributed by atoms with van der Waals surface area (Å²) in [6.45, 7) is 3.81. The summed E-state index contributed by atoms with van der Waals surface area (Å²) in [5.74, 6) is 0.465. The van der Waals surface area contributed by atoms with Gasteiger partial charge in [0.25, 0.3) is 16.0 Å². The Labute approximate surface area is 168 Å². The molecule has 0 aliphatic carbocycles. The summed E-state index contributed by atoms with van der Waals surface area (Å²) >= 11 is 5.98. The first kappa shape index (κ1) is 18.5. The van der Waals surface area contributed by atoms with E-state index in [0.717, 1.165) is 16.8 Å². The molecule has 2 N–H and O–H groups in total. The fourth-order valence-corrected chi connectivity index (χ4v) is 4.03. The van der Waals surface area contributed by atoms with Crippen molar-refractivity contribution in [1.82, 2.24) is 14.8 Å². The molecule has 1 aliphatic heterocycles. The van der Waals surface area contributed by atoms with Crippen molar-refractivity contribution >= 4 is 33.5 Å². The van der Waals surface area contributed by atoms with Gasteiger partial charge in [-0.15, -0.1) is 5.10 Å². The van der Waals surface area contributed by atoms with E-state index in [1.165, 1.54) is 0 Å². The molecule has 0 saturated heterocycles. The Morgan fingerprint density at radius 2 is 1.75 bits per heavy atom. The van der Waals surface area contributed by atoms with E-state index in [1.54, 1.807) is 41.1 Å². The van der Waals surface area contributed by atoms with Crippen molar-refractivity contribution in [3.05, 3.63) is 76.5 Å². The van der Waals surface area contributed by atoms with Gasteiger partial charge in [-0.25, -0.2) is 17.8 Å². The minimum atomic E-state index is -3.78. The molecule has 144 valence electrons. The van der Waals surface area contributed by atoms with Gasteiger partial charge in [0.1, 0.15) is 6.04 Å². The monoisotopic (exact) mass is 415 g/mol. The Bertz CT molecular complexity index is 1150. The summed E-state index contributed by atoms with van der Waals surface area (Å²) in [5, 5.41) is 8.13. The highest BCUT2D eigenvalue weighted by Crippen LogP contribution is 2.30. The number of hydrogen-bond donors (Lipinski definition) is 2. The molecule has 0 amide bonds. The van der Waals surface area contributed by atoms with Crippen molar-refractivity contribution in [2.75, 3.05) is 10.0 Å². The SMILES string of the molecule is CC1=C[C@@H](c2ccc(Cl)cc2)n2nc(NS(=O)(=O)c3ccc(C)cc3)nc2N1. The number of sulfonamides is 1. The molecule has 0 bridgehead atoms. The third-order valence-electron chi connectivity index (χ3n) is 4.38. The average molecular weight is 416 g/mol. The van der Waals surface area contributed by atoms with Gasteiger partial charge >= 0.3 is 0 Å². The number of rotatable bonds is 4. The van der Waals surface area contributed by atoms with Crippen molar-refractivity contribution in [3.8, 4) is 0 Å². The second-order valence-corrected chi connectivity index (χ2v) is 8.71. The lowest BCUT2D eigenvalue weighted by molar-refractivity contribution is 0.597. The molecule has 0 spiro atoms. The van der Waals surface area contributed by atoms with Crippen LogP contribution in [0.15, 0.2) is 65.2 Å². The second-order valence-electron chi connectivity index (χ2n) is 6.59. The van der Waals surface area contributed by atoms with Crippen LogP contribution in [-0.2, 0) is 10.0 Å². The standard InChI is InChI=1S/C19H18ClN5O2S/c1-12-3-9-16(10-4-12)28(26,27)24-18-22-19-21-13(2)11-17(25(19)23-18)14-5-7-15(20)8-6-14/h3-11,17H,1-2H3,(H2,21,22,23,24)/t17-/m0/s1. The maximum atomic E-state index is 12.6. The number of halogens is 1. The Morgan fingerprint density at radius 3 is 2.43 bits per heavy atom. The van der Waals surface area contributed by atoms with Gasteiger partial charge in [0.15, 0.2) is 0 Å². The van der Waals surface area contributed by atoms with Crippen LogP contribution in [0.3, 0.4) is 0 Å². The van der Waals surface area contributed by atoms with Crippen LogP contribution in [0.5, 0.6) is 0 Å². The molecule has 0 radical (unpaired) electrons. The predicted octanol–water partition coefficient (Wildman–Crippen LogP) is 3.96. The van der Waals surface area contributed by atoms with E-state index in [0.29, 0.717) is 11.0 Å². The third-order valence-corrected chi connectivity index (χ3v) is 5.98. The molecule has 2 heterocycles. The first-order chi connectivity index (χ1) is 13.3. The van der Waals surface area contributed by atoms with E-state index in [9.17, 15) is 8.42 Å². The lowest BCUT2D eigenvalue weighted by Gasteiger charge is -2.22. The zero-order valence-corrected chi connectivity index (χ0v) is 16.8. The lowest BCUT2D eigenvalue weighted by atomic mass is 10.1. The van der Waals surface area contributed by atoms with Crippen LogP contribution in [0.1, 0.15) is 24.1 Å². The number of fused-ring (bicyclic) bond motifs is 1. The van der Waals surface area contributed by atoms with Crippen LogP contribution in [0.2, 0.25) is 5.02 Å². The van der Waals surface area contributed by atoms with Gasteiger partial charge in [-0.1, -0.05) is 41.4 Å². The van der Waals surface area contributed by atoms with Gasteiger partial charge in [0.05, 0.1) is 4.90 Å². The summed E-state index contributed by atoms with van der Waals surface area (Å²) < 4.78 is 29.4. The zero-order valence-electron chi connectivity index (χ0n) is 15.2. The topological polar surface area (TPSA) is 88.9 Å². The molecule has 1 atom stereocenters. The number of nitrogens with one attached hydrogen (secondary N) is 2. The van der Waals surface area contributed by atoms with Crippen LogP contribution in [-0.4, -0.2) is 23.2 Å². The number of anilines is 2. The van der Waals surface area contributed by atoms with E-state index in [1.807, 2.05) is 32.1 Å². The van der Waals surface area contributed by atoms with Crippen molar-refractivity contribution in [2.24, 2.45) is 0 Å². The molecule has 3 aromatic rings. The van der Waals surface area contributed by atoms with Crippen LogP contribution in [0.25, 0.3) is 0 Å². The smallest absolute Gasteiger partial charge is 0.264 e. The maximum absolute atomic E-state index is 12.6. The normalized spacial score (nSPS) is 16.1. The van der Waals surface area contributed by atoms with Crippen LogP contribution < -0.4 is 10.0 Å². The van der Waals surface area contributed by atoms with Crippen LogP contribution in [0.4, 0.5) is 11.9 Å². The van der Waals surface area contributed by atoms with E-state index < -0.39 is 10.0 Å². The summed E-state index contributed by atoms with van der Waals surface area (Å²) in [6.07, 6.45) is 1.99. The van der Waals surface area contributed by atoms with E-state index >= 15 is 0 Å². The van der Waals surface area contributed by atoms with Crippen molar-refractivity contribution in [3.63, 3.8) is 0 Å². The summed E-state index contributed by atoms with van der Waals surface area (Å²) in [6, 6.07) is 13.8. The largest absolute Gasteiger partial charge is 0.329 e. The molecule has 2 aromatic carbocycles. The lowest BCUT2D eigenvalue weighted by Crippen LogP contribution is -2.19. The van der Waals surface area contributed by atoms with E-state index in [-0.39, 0.29) is 16.9 Å². The Kier molecular flexibility index (Phi) is 4.60.